The Balaban J connectivity index is 1.35. The van der Waals surface area contributed by atoms with Gasteiger partial charge in [0.2, 0.25) is 11.8 Å². The van der Waals surface area contributed by atoms with Crippen LogP contribution in [0.4, 0.5) is 5.69 Å². The van der Waals surface area contributed by atoms with Gasteiger partial charge < -0.3 is 15.5 Å². The van der Waals surface area contributed by atoms with Crippen LogP contribution in [0.5, 0.6) is 0 Å². The van der Waals surface area contributed by atoms with E-state index in [0.717, 1.165) is 24.2 Å². The number of nitrogens with two attached hydrogens (primary N) is 1. The Kier molecular flexibility index (Phi) is 5.27. The van der Waals surface area contributed by atoms with Crippen LogP contribution in [0.15, 0.2) is 30.3 Å². The number of nitrogens with one attached hydrogen (secondary N) is 1. The van der Waals surface area contributed by atoms with Gasteiger partial charge in [0, 0.05) is 48.4 Å². The van der Waals surface area contributed by atoms with Crippen molar-refractivity contribution in [3.63, 3.8) is 0 Å². The molecule has 4 rings (SSSR count). The van der Waals surface area contributed by atoms with Crippen molar-refractivity contribution >= 4 is 35.0 Å². The topological polar surface area (TPSA) is 112 Å². The first-order valence-electron chi connectivity index (χ1n) is 9.62. The summed E-state index contributed by atoms with van der Waals surface area (Å²) in [5.41, 5.74) is 7.11. The highest BCUT2D eigenvalue weighted by Gasteiger charge is 2.38. The molecule has 9 heteroatoms. The Bertz CT molecular complexity index is 934. The number of nitrogens with zero attached hydrogens (tertiary/aromatic N) is 3. The summed E-state index contributed by atoms with van der Waals surface area (Å²) in [6, 6.07) is 8.75. The van der Waals surface area contributed by atoms with Gasteiger partial charge in [0.15, 0.2) is 0 Å². The molecule has 0 saturated carbocycles. The molecule has 1 aromatic heterocycles. The van der Waals surface area contributed by atoms with E-state index in [0.29, 0.717) is 24.7 Å². The van der Waals surface area contributed by atoms with Crippen molar-refractivity contribution in [3.8, 4) is 0 Å². The first kappa shape index (κ1) is 19.4. The van der Waals surface area contributed by atoms with Crippen molar-refractivity contribution in [1.82, 2.24) is 15.1 Å². The zero-order chi connectivity index (χ0) is 20.5. The average molecular weight is 416 g/mol. The molecular weight excluding hydrogens is 394 g/mol. The summed E-state index contributed by atoms with van der Waals surface area (Å²) in [5.74, 6) is -0.706. The van der Waals surface area contributed by atoms with Crippen molar-refractivity contribution in [2.75, 3.05) is 24.5 Å². The highest BCUT2D eigenvalue weighted by Crippen LogP contribution is 2.31. The smallest absolute Gasteiger partial charge is 0.269 e. The maximum absolute atomic E-state index is 13.0. The van der Waals surface area contributed by atoms with Gasteiger partial charge in [-0.15, -0.1) is 0 Å². The molecule has 8 nitrogen and oxygen atoms in total. The lowest BCUT2D eigenvalue weighted by molar-refractivity contribution is -0.136. The molecule has 2 aliphatic rings. The number of amides is 3. The fraction of sp³-hybridized carbons (Fsp3) is 0.400. The quantitative estimate of drug-likeness (QED) is 0.794. The molecule has 3 N–H and O–H groups in total. The number of rotatable bonds is 4. The zero-order valence-corrected chi connectivity index (χ0v) is 16.6. The molecule has 0 aliphatic carbocycles. The van der Waals surface area contributed by atoms with Gasteiger partial charge >= 0.3 is 0 Å². The van der Waals surface area contributed by atoms with Crippen LogP contribution >= 0.6 is 11.6 Å². The van der Waals surface area contributed by atoms with Gasteiger partial charge in [-0.25, -0.2) is 0 Å². The number of aromatic amines is 1. The van der Waals surface area contributed by atoms with Crippen LogP contribution < -0.4 is 10.6 Å². The number of benzene rings is 1. The summed E-state index contributed by atoms with van der Waals surface area (Å²) in [6.07, 6.45) is 1.77. The number of piperidine rings is 1. The van der Waals surface area contributed by atoms with E-state index in [1.165, 1.54) is 0 Å². The summed E-state index contributed by atoms with van der Waals surface area (Å²) in [6.45, 7) is 1.61. The minimum atomic E-state index is -0.559. The summed E-state index contributed by atoms with van der Waals surface area (Å²) in [5, 5.41) is 7.41. The number of aromatic nitrogens is 2. The molecule has 1 unspecified atom stereocenters. The molecule has 0 bridgehead atoms. The lowest BCUT2D eigenvalue weighted by atomic mass is 9.92. The number of hydrogen-bond donors (Lipinski definition) is 2. The number of H-pyrrole nitrogens is 1. The van der Waals surface area contributed by atoms with Crippen molar-refractivity contribution < 1.29 is 14.4 Å². The summed E-state index contributed by atoms with van der Waals surface area (Å²) < 4.78 is 0. The summed E-state index contributed by atoms with van der Waals surface area (Å²) >= 11 is 5.91. The Labute approximate surface area is 173 Å². The van der Waals surface area contributed by atoms with Crippen LogP contribution in [0.2, 0.25) is 5.02 Å². The summed E-state index contributed by atoms with van der Waals surface area (Å²) in [7, 11) is 0. The third-order valence-corrected chi connectivity index (χ3v) is 5.96. The molecule has 152 valence electrons. The second-order valence-corrected chi connectivity index (χ2v) is 7.99. The predicted molar refractivity (Wildman–Crippen MR) is 108 cm³/mol. The van der Waals surface area contributed by atoms with Crippen LogP contribution in [0.1, 0.15) is 41.4 Å². The summed E-state index contributed by atoms with van der Waals surface area (Å²) in [4.78, 5) is 40.1. The van der Waals surface area contributed by atoms with Gasteiger partial charge in [-0.2, -0.15) is 5.10 Å². The molecule has 1 atom stereocenters. The number of likely N-dealkylation sites (tertiary alicyclic amines) is 1. The van der Waals surface area contributed by atoms with Gasteiger partial charge in [-0.05, 0) is 43.2 Å². The number of halogens is 1. The molecule has 3 heterocycles. The number of hydrogen-bond acceptors (Lipinski definition) is 4. The molecule has 1 aromatic carbocycles. The molecule has 0 spiro atoms. The molecular formula is C20H22ClN5O3. The Morgan fingerprint density at radius 2 is 1.86 bits per heavy atom. The molecule has 3 amide bonds. The lowest BCUT2D eigenvalue weighted by Crippen LogP contribution is -2.42. The third kappa shape index (κ3) is 3.98. The third-order valence-electron chi connectivity index (χ3n) is 5.71. The fourth-order valence-corrected chi connectivity index (χ4v) is 4.21. The Hall–Kier alpha value is -2.87. The fourth-order valence-electron chi connectivity index (χ4n) is 4.08. The van der Waals surface area contributed by atoms with Gasteiger partial charge in [0.1, 0.15) is 5.69 Å². The maximum atomic E-state index is 13.0. The normalized spacial score (nSPS) is 20.3. The van der Waals surface area contributed by atoms with Crippen molar-refractivity contribution in [1.29, 1.82) is 0 Å². The van der Waals surface area contributed by atoms with Crippen LogP contribution in [-0.4, -0.2) is 52.5 Å². The SMILES string of the molecule is NC(=O)c1cc(C2CCN(C(=O)C3CC(=O)N(c4ccc(Cl)cc4)C3)CC2)[nH]n1. The van der Waals surface area contributed by atoms with Crippen molar-refractivity contribution in [2.45, 2.75) is 25.2 Å². The Morgan fingerprint density at radius 1 is 1.17 bits per heavy atom. The van der Waals surface area contributed by atoms with Crippen LogP contribution in [0, 0.1) is 5.92 Å². The number of anilines is 1. The first-order chi connectivity index (χ1) is 13.9. The van der Waals surface area contributed by atoms with Crippen molar-refractivity contribution in [3.05, 3.63) is 46.7 Å². The van der Waals surface area contributed by atoms with E-state index in [4.69, 9.17) is 17.3 Å². The highest BCUT2D eigenvalue weighted by molar-refractivity contribution is 6.30. The number of carbonyl (C=O) groups is 3. The first-order valence-corrected chi connectivity index (χ1v) is 10.00. The lowest BCUT2D eigenvalue weighted by Gasteiger charge is -2.33. The van der Waals surface area contributed by atoms with E-state index in [1.807, 2.05) is 4.90 Å². The molecule has 2 fully saturated rings. The van der Waals surface area contributed by atoms with Crippen LogP contribution in [0.25, 0.3) is 0 Å². The molecule has 29 heavy (non-hydrogen) atoms. The minimum absolute atomic E-state index is 0.0238. The number of carbonyl (C=O) groups excluding carboxylic acids is 3. The van der Waals surface area contributed by atoms with Crippen LogP contribution in [0.3, 0.4) is 0 Å². The minimum Gasteiger partial charge on any atom is -0.364 e. The molecule has 2 saturated heterocycles. The van der Waals surface area contributed by atoms with E-state index in [1.54, 1.807) is 35.2 Å². The predicted octanol–water partition coefficient (Wildman–Crippen LogP) is 1.92. The van der Waals surface area contributed by atoms with E-state index < -0.39 is 5.91 Å². The van der Waals surface area contributed by atoms with Gasteiger partial charge in [0.25, 0.3) is 5.91 Å². The molecule has 2 aliphatic heterocycles. The average Bonchev–Trinajstić information content (AvgIpc) is 3.36. The van der Waals surface area contributed by atoms with Crippen molar-refractivity contribution in [2.24, 2.45) is 11.7 Å². The second-order valence-electron chi connectivity index (χ2n) is 7.55. The Morgan fingerprint density at radius 3 is 2.48 bits per heavy atom. The van der Waals surface area contributed by atoms with Crippen LogP contribution in [-0.2, 0) is 9.59 Å². The van der Waals surface area contributed by atoms with E-state index >= 15 is 0 Å². The van der Waals surface area contributed by atoms with E-state index in [9.17, 15) is 14.4 Å². The maximum Gasteiger partial charge on any atom is 0.269 e. The molecule has 0 radical (unpaired) electrons. The van der Waals surface area contributed by atoms with Gasteiger partial charge in [0.05, 0.1) is 5.92 Å². The highest BCUT2D eigenvalue weighted by atomic mass is 35.5. The van der Waals surface area contributed by atoms with E-state index in [2.05, 4.69) is 10.2 Å². The van der Waals surface area contributed by atoms with Gasteiger partial charge in [-0.1, -0.05) is 11.6 Å². The monoisotopic (exact) mass is 415 g/mol. The van der Waals surface area contributed by atoms with E-state index in [-0.39, 0.29) is 35.8 Å². The number of primary amides is 1. The second kappa shape index (κ2) is 7.87. The standard InChI is InChI=1S/C20H22ClN5O3/c21-14-1-3-15(4-2-14)26-11-13(9-18(26)27)20(29)25-7-5-12(6-8-25)16-10-17(19(22)28)24-23-16/h1-4,10,12-13H,5-9,11H2,(H2,22,28)(H,23,24). The zero-order valence-electron chi connectivity index (χ0n) is 15.8. The molecule has 2 aromatic rings. The largest absolute Gasteiger partial charge is 0.364 e. The van der Waals surface area contributed by atoms with Gasteiger partial charge in [-0.3, -0.25) is 19.5 Å².